The summed E-state index contributed by atoms with van der Waals surface area (Å²) in [6.45, 7) is 9.26. The maximum absolute atomic E-state index is 13.0. The van der Waals surface area contributed by atoms with Crippen LogP contribution < -0.4 is 21.5 Å². The van der Waals surface area contributed by atoms with Gasteiger partial charge >= 0.3 is 0 Å². The van der Waals surface area contributed by atoms with E-state index in [9.17, 15) is 4.79 Å². The fourth-order valence-corrected chi connectivity index (χ4v) is 4.36. The van der Waals surface area contributed by atoms with Crippen molar-refractivity contribution in [3.05, 3.63) is 46.8 Å². The van der Waals surface area contributed by atoms with Crippen LogP contribution in [0.5, 0.6) is 0 Å². The zero-order chi connectivity index (χ0) is 23.1. The summed E-state index contributed by atoms with van der Waals surface area (Å²) in [7, 11) is 2.15. The number of piperazine rings is 1. The Morgan fingerprint density at radius 1 is 1.06 bits per heavy atom. The molecule has 0 bridgehead atoms. The van der Waals surface area contributed by atoms with Gasteiger partial charge in [0.2, 0.25) is 0 Å². The summed E-state index contributed by atoms with van der Waals surface area (Å²) in [6.07, 6.45) is 0. The van der Waals surface area contributed by atoms with Gasteiger partial charge in [0.05, 0.1) is 22.2 Å². The molecule has 0 saturated carbocycles. The highest BCUT2D eigenvalue weighted by Gasteiger charge is 2.18. The van der Waals surface area contributed by atoms with E-state index in [0.29, 0.717) is 28.5 Å². The van der Waals surface area contributed by atoms with Gasteiger partial charge in [-0.2, -0.15) is 0 Å². The van der Waals surface area contributed by atoms with Gasteiger partial charge in [-0.3, -0.25) is 4.79 Å². The van der Waals surface area contributed by atoms with Crippen molar-refractivity contribution in [2.24, 2.45) is 5.92 Å². The number of anilines is 3. The SMILES string of the molecule is CC(C)CNc1ccc2[nH]c(=O)c(-c3nc4ccc(N5CCN(C)CC5)cc4[nH]3)c(N)c2c1. The fraction of sp³-hybridized carbons (Fsp3) is 0.360. The zero-order valence-corrected chi connectivity index (χ0v) is 19.4. The van der Waals surface area contributed by atoms with E-state index >= 15 is 0 Å². The highest BCUT2D eigenvalue weighted by molar-refractivity contribution is 5.99. The maximum atomic E-state index is 13.0. The van der Waals surface area contributed by atoms with E-state index in [4.69, 9.17) is 10.7 Å². The number of nitrogen functional groups attached to an aromatic ring is 1. The Labute approximate surface area is 192 Å². The molecule has 172 valence electrons. The highest BCUT2D eigenvalue weighted by Crippen LogP contribution is 2.31. The summed E-state index contributed by atoms with van der Waals surface area (Å²) in [5.41, 5.74) is 11.7. The first-order valence-corrected chi connectivity index (χ1v) is 11.5. The second-order valence-corrected chi connectivity index (χ2v) is 9.36. The van der Waals surface area contributed by atoms with Gasteiger partial charge in [0.25, 0.3) is 5.56 Å². The van der Waals surface area contributed by atoms with Crippen LogP contribution in [0.2, 0.25) is 0 Å². The molecule has 0 radical (unpaired) electrons. The lowest BCUT2D eigenvalue weighted by Crippen LogP contribution is -2.44. The largest absolute Gasteiger partial charge is 0.397 e. The molecule has 0 atom stereocenters. The van der Waals surface area contributed by atoms with Crippen molar-refractivity contribution in [2.75, 3.05) is 55.7 Å². The van der Waals surface area contributed by atoms with Crippen molar-refractivity contribution in [3.8, 4) is 11.4 Å². The Bertz CT molecular complexity index is 1360. The van der Waals surface area contributed by atoms with Gasteiger partial charge < -0.3 is 30.8 Å². The minimum Gasteiger partial charge on any atom is -0.397 e. The number of hydrogen-bond donors (Lipinski definition) is 4. The van der Waals surface area contributed by atoms with Crippen LogP contribution in [0.3, 0.4) is 0 Å². The number of aromatic nitrogens is 3. The zero-order valence-electron chi connectivity index (χ0n) is 19.4. The number of aromatic amines is 2. The number of likely N-dealkylation sites (N-methyl/N-ethyl adjacent to an activating group) is 1. The first kappa shape index (κ1) is 21.3. The molecular weight excluding hydrogens is 414 g/mol. The number of rotatable bonds is 5. The Kier molecular flexibility index (Phi) is 5.46. The maximum Gasteiger partial charge on any atom is 0.261 e. The van der Waals surface area contributed by atoms with Crippen molar-refractivity contribution >= 4 is 39.0 Å². The predicted octanol–water partition coefficient (Wildman–Crippen LogP) is 3.47. The molecular formula is C25H31N7O. The number of hydrogen-bond acceptors (Lipinski definition) is 6. The molecule has 1 fully saturated rings. The van der Waals surface area contributed by atoms with Crippen molar-refractivity contribution in [3.63, 3.8) is 0 Å². The first-order valence-electron chi connectivity index (χ1n) is 11.5. The Balaban J connectivity index is 1.53. The minimum atomic E-state index is -0.249. The molecule has 1 aliphatic heterocycles. The summed E-state index contributed by atoms with van der Waals surface area (Å²) in [6, 6.07) is 12.0. The number of nitrogens with zero attached hydrogens (tertiary/aromatic N) is 3. The van der Waals surface area contributed by atoms with E-state index in [1.54, 1.807) is 0 Å². The van der Waals surface area contributed by atoms with Crippen LogP contribution in [0.4, 0.5) is 17.1 Å². The molecule has 2 aromatic heterocycles. The van der Waals surface area contributed by atoms with Crippen LogP contribution in [0.15, 0.2) is 41.2 Å². The summed E-state index contributed by atoms with van der Waals surface area (Å²) in [4.78, 5) is 28.7. The topological polar surface area (TPSA) is 106 Å². The molecule has 5 N–H and O–H groups in total. The highest BCUT2D eigenvalue weighted by atomic mass is 16.1. The Morgan fingerprint density at radius 2 is 1.85 bits per heavy atom. The lowest BCUT2D eigenvalue weighted by Gasteiger charge is -2.34. The molecule has 3 heterocycles. The van der Waals surface area contributed by atoms with Crippen LogP contribution in [0, 0.1) is 5.92 Å². The summed E-state index contributed by atoms with van der Waals surface area (Å²) >= 11 is 0. The molecule has 0 unspecified atom stereocenters. The normalized spacial score (nSPS) is 15.1. The van der Waals surface area contributed by atoms with Gasteiger partial charge in [-0.25, -0.2) is 4.98 Å². The molecule has 8 heteroatoms. The van der Waals surface area contributed by atoms with Crippen LogP contribution in [0.25, 0.3) is 33.3 Å². The van der Waals surface area contributed by atoms with Gasteiger partial charge in [-0.05, 0) is 49.4 Å². The van der Waals surface area contributed by atoms with Gasteiger partial charge in [-0.1, -0.05) is 13.8 Å². The van der Waals surface area contributed by atoms with Gasteiger partial charge in [0, 0.05) is 49.5 Å². The third-order valence-electron chi connectivity index (χ3n) is 6.34. The summed E-state index contributed by atoms with van der Waals surface area (Å²) in [5.74, 6) is 1.01. The van der Waals surface area contributed by atoms with Crippen LogP contribution in [0.1, 0.15) is 13.8 Å². The number of nitrogens with one attached hydrogen (secondary N) is 3. The third-order valence-corrected chi connectivity index (χ3v) is 6.34. The van der Waals surface area contributed by atoms with Crippen molar-refractivity contribution in [1.29, 1.82) is 0 Å². The molecule has 1 saturated heterocycles. The van der Waals surface area contributed by atoms with Crippen molar-refractivity contribution in [2.45, 2.75) is 13.8 Å². The third kappa shape index (κ3) is 4.14. The van der Waals surface area contributed by atoms with Gasteiger partial charge in [-0.15, -0.1) is 0 Å². The first-order chi connectivity index (χ1) is 15.9. The number of H-pyrrole nitrogens is 2. The average Bonchev–Trinajstić information content (AvgIpc) is 3.21. The summed E-state index contributed by atoms with van der Waals surface area (Å²) < 4.78 is 0. The quantitative estimate of drug-likeness (QED) is 0.375. The monoisotopic (exact) mass is 445 g/mol. The number of benzene rings is 2. The van der Waals surface area contributed by atoms with Crippen LogP contribution in [-0.2, 0) is 0 Å². The lowest BCUT2D eigenvalue weighted by atomic mass is 10.1. The number of nitrogens with two attached hydrogens (primary N) is 1. The van der Waals surface area contributed by atoms with Crippen molar-refractivity contribution < 1.29 is 0 Å². The average molecular weight is 446 g/mol. The van der Waals surface area contributed by atoms with E-state index < -0.39 is 0 Å². The van der Waals surface area contributed by atoms with Crippen LogP contribution >= 0.6 is 0 Å². The van der Waals surface area contributed by atoms with Gasteiger partial charge in [0.15, 0.2) is 0 Å². The van der Waals surface area contributed by atoms with E-state index in [1.165, 1.54) is 0 Å². The van der Waals surface area contributed by atoms with E-state index in [1.807, 2.05) is 24.3 Å². The van der Waals surface area contributed by atoms with Gasteiger partial charge in [0.1, 0.15) is 11.4 Å². The number of imidazole rings is 1. The number of pyridine rings is 1. The Morgan fingerprint density at radius 3 is 2.61 bits per heavy atom. The van der Waals surface area contributed by atoms with E-state index in [2.05, 4.69) is 58.1 Å². The molecule has 2 aromatic carbocycles. The molecule has 0 spiro atoms. The molecule has 33 heavy (non-hydrogen) atoms. The Hall–Kier alpha value is -3.52. The predicted molar refractivity (Wildman–Crippen MR) is 137 cm³/mol. The minimum absolute atomic E-state index is 0.249. The molecule has 5 rings (SSSR count). The van der Waals surface area contributed by atoms with E-state index in [-0.39, 0.29) is 5.56 Å². The molecule has 1 aliphatic rings. The molecule has 4 aromatic rings. The fourth-order valence-electron chi connectivity index (χ4n) is 4.36. The van der Waals surface area contributed by atoms with Crippen molar-refractivity contribution in [1.82, 2.24) is 19.9 Å². The van der Waals surface area contributed by atoms with E-state index in [0.717, 1.165) is 60.5 Å². The second kappa shape index (κ2) is 8.44. The lowest BCUT2D eigenvalue weighted by molar-refractivity contribution is 0.313. The molecule has 0 amide bonds. The molecule has 8 nitrogen and oxygen atoms in total. The molecule has 0 aliphatic carbocycles. The standard InChI is InChI=1S/C25H31N7O/c1-15(2)14-27-16-4-6-19-18(12-16)23(26)22(25(33)30-19)24-28-20-7-5-17(13-21(20)29-24)32-10-8-31(3)9-11-32/h4-7,12-13,15,27H,8-11,14H2,1-3H3,(H,28,29)(H3,26,30,33). The summed E-state index contributed by atoms with van der Waals surface area (Å²) in [5, 5.41) is 4.22. The smallest absolute Gasteiger partial charge is 0.261 e. The van der Waals surface area contributed by atoms with Crippen LogP contribution in [-0.4, -0.2) is 59.6 Å². The number of fused-ring (bicyclic) bond motifs is 2. The second-order valence-electron chi connectivity index (χ2n) is 9.36.